The van der Waals surface area contributed by atoms with Crippen LogP contribution in [0, 0.1) is 5.92 Å². The van der Waals surface area contributed by atoms with Gasteiger partial charge in [0, 0.05) is 19.1 Å². The van der Waals surface area contributed by atoms with E-state index in [9.17, 15) is 4.79 Å². The minimum atomic E-state index is 0.151. The van der Waals surface area contributed by atoms with Crippen molar-refractivity contribution in [2.45, 2.75) is 31.7 Å². The van der Waals surface area contributed by atoms with Gasteiger partial charge in [-0.05, 0) is 31.6 Å². The molecule has 0 bridgehead atoms. The normalized spacial score (nSPS) is 20.3. The van der Waals surface area contributed by atoms with E-state index < -0.39 is 0 Å². The molecule has 2 aliphatic carbocycles. The highest BCUT2D eigenvalue weighted by atomic mass is 16.5. The molecule has 2 aliphatic rings. The molecule has 4 nitrogen and oxygen atoms in total. The Kier molecular flexibility index (Phi) is 3.59. The van der Waals surface area contributed by atoms with E-state index in [0.717, 1.165) is 12.5 Å². The zero-order valence-corrected chi connectivity index (χ0v) is 9.15. The molecule has 0 aliphatic heterocycles. The van der Waals surface area contributed by atoms with Gasteiger partial charge in [0.05, 0.1) is 6.61 Å². The van der Waals surface area contributed by atoms with E-state index in [2.05, 4.69) is 0 Å². The number of carbonyl (C=O) groups is 1. The molecule has 0 aromatic carbocycles. The van der Waals surface area contributed by atoms with Crippen molar-refractivity contribution in [3.05, 3.63) is 0 Å². The first kappa shape index (κ1) is 10.9. The third-order valence-electron chi connectivity index (χ3n) is 2.95. The minimum absolute atomic E-state index is 0.151. The zero-order chi connectivity index (χ0) is 10.7. The lowest BCUT2D eigenvalue weighted by Gasteiger charge is -2.22. The summed E-state index contributed by atoms with van der Waals surface area (Å²) in [5.41, 5.74) is 5.30. The molecule has 2 saturated carbocycles. The summed E-state index contributed by atoms with van der Waals surface area (Å²) >= 11 is 0. The summed E-state index contributed by atoms with van der Waals surface area (Å²) in [5, 5.41) is 0. The van der Waals surface area contributed by atoms with E-state index in [0.29, 0.717) is 19.2 Å². The molecular formula is C11H20N2O2. The molecule has 86 valence electrons. The third-order valence-corrected chi connectivity index (χ3v) is 2.95. The maximum atomic E-state index is 11.8. The minimum Gasteiger partial charge on any atom is -0.370 e. The van der Waals surface area contributed by atoms with Crippen molar-refractivity contribution in [1.29, 1.82) is 0 Å². The van der Waals surface area contributed by atoms with Gasteiger partial charge in [-0.1, -0.05) is 0 Å². The lowest BCUT2D eigenvalue weighted by molar-refractivity contribution is -0.136. The predicted molar refractivity (Wildman–Crippen MR) is 57.3 cm³/mol. The fourth-order valence-electron chi connectivity index (χ4n) is 1.75. The fourth-order valence-corrected chi connectivity index (χ4v) is 1.75. The molecule has 15 heavy (non-hydrogen) atoms. The number of nitrogens with zero attached hydrogens (tertiary/aromatic N) is 1. The molecule has 0 spiro atoms. The molecule has 1 amide bonds. The van der Waals surface area contributed by atoms with Crippen LogP contribution < -0.4 is 5.73 Å². The molecule has 0 atom stereocenters. The second kappa shape index (κ2) is 4.94. The van der Waals surface area contributed by atoms with Crippen LogP contribution >= 0.6 is 0 Å². The summed E-state index contributed by atoms with van der Waals surface area (Å²) in [4.78, 5) is 13.8. The van der Waals surface area contributed by atoms with Gasteiger partial charge in [0.1, 0.15) is 6.61 Å². The van der Waals surface area contributed by atoms with Crippen molar-refractivity contribution < 1.29 is 9.53 Å². The van der Waals surface area contributed by atoms with Crippen LogP contribution in [0.5, 0.6) is 0 Å². The summed E-state index contributed by atoms with van der Waals surface area (Å²) in [6.07, 6.45) is 4.94. The zero-order valence-electron chi connectivity index (χ0n) is 9.15. The quantitative estimate of drug-likeness (QED) is 0.620. The van der Waals surface area contributed by atoms with E-state index in [-0.39, 0.29) is 12.5 Å². The van der Waals surface area contributed by atoms with Crippen LogP contribution in [0.4, 0.5) is 0 Å². The molecule has 0 radical (unpaired) electrons. The first-order valence-electron chi connectivity index (χ1n) is 5.88. The molecule has 2 fully saturated rings. The van der Waals surface area contributed by atoms with Crippen molar-refractivity contribution in [3.63, 3.8) is 0 Å². The summed E-state index contributed by atoms with van der Waals surface area (Å²) in [6.45, 7) is 2.13. The SMILES string of the molecule is NCCOCC(=O)N(CC1CC1)C1CC1. The third kappa shape index (κ3) is 3.47. The van der Waals surface area contributed by atoms with Crippen LogP contribution in [0.25, 0.3) is 0 Å². The van der Waals surface area contributed by atoms with Crippen molar-refractivity contribution in [2.75, 3.05) is 26.3 Å². The number of amides is 1. The van der Waals surface area contributed by atoms with E-state index in [1.807, 2.05) is 4.90 Å². The van der Waals surface area contributed by atoms with Gasteiger partial charge in [-0.3, -0.25) is 4.79 Å². The maximum Gasteiger partial charge on any atom is 0.248 e. The highest BCUT2D eigenvalue weighted by Gasteiger charge is 2.36. The van der Waals surface area contributed by atoms with E-state index >= 15 is 0 Å². The number of hydrogen-bond donors (Lipinski definition) is 1. The van der Waals surface area contributed by atoms with Crippen LogP contribution in [-0.2, 0) is 9.53 Å². The fraction of sp³-hybridized carbons (Fsp3) is 0.909. The van der Waals surface area contributed by atoms with Gasteiger partial charge < -0.3 is 15.4 Å². The molecule has 0 heterocycles. The van der Waals surface area contributed by atoms with Crippen molar-refractivity contribution in [2.24, 2.45) is 11.7 Å². The topological polar surface area (TPSA) is 55.6 Å². The van der Waals surface area contributed by atoms with Gasteiger partial charge >= 0.3 is 0 Å². The number of nitrogens with two attached hydrogens (primary N) is 1. The van der Waals surface area contributed by atoms with Gasteiger partial charge in [0.15, 0.2) is 0 Å². The van der Waals surface area contributed by atoms with Gasteiger partial charge in [-0.25, -0.2) is 0 Å². The van der Waals surface area contributed by atoms with Crippen LogP contribution in [0.2, 0.25) is 0 Å². The smallest absolute Gasteiger partial charge is 0.248 e. The molecule has 4 heteroatoms. The number of rotatable bonds is 7. The lowest BCUT2D eigenvalue weighted by atomic mass is 10.3. The average Bonchev–Trinajstić information content (AvgIpc) is 3.06. The second-order valence-electron chi connectivity index (χ2n) is 4.56. The highest BCUT2D eigenvalue weighted by molar-refractivity contribution is 5.78. The Bertz CT molecular complexity index is 225. The lowest BCUT2D eigenvalue weighted by Crippen LogP contribution is -2.37. The molecule has 0 unspecified atom stereocenters. The molecule has 0 aromatic heterocycles. The van der Waals surface area contributed by atoms with Gasteiger partial charge in [0.25, 0.3) is 0 Å². The predicted octanol–water partition coefficient (Wildman–Crippen LogP) is 0.363. The summed E-state index contributed by atoms with van der Waals surface area (Å²) < 4.78 is 5.19. The Morgan fingerprint density at radius 2 is 2.07 bits per heavy atom. The first-order valence-corrected chi connectivity index (χ1v) is 5.88. The molecule has 0 aromatic rings. The molecule has 2 rings (SSSR count). The van der Waals surface area contributed by atoms with Crippen LogP contribution in [0.15, 0.2) is 0 Å². The number of hydrogen-bond acceptors (Lipinski definition) is 3. The standard InChI is InChI=1S/C11H20N2O2/c12-5-6-15-8-11(14)13(10-3-4-10)7-9-1-2-9/h9-10H,1-8,12H2. The number of ether oxygens (including phenoxy) is 1. The first-order chi connectivity index (χ1) is 7.31. The van der Waals surface area contributed by atoms with Gasteiger partial charge in [-0.2, -0.15) is 0 Å². The Hall–Kier alpha value is -0.610. The Morgan fingerprint density at radius 3 is 2.60 bits per heavy atom. The van der Waals surface area contributed by atoms with Crippen molar-refractivity contribution >= 4 is 5.91 Å². The van der Waals surface area contributed by atoms with Crippen molar-refractivity contribution in [3.8, 4) is 0 Å². The molecular weight excluding hydrogens is 192 g/mol. The monoisotopic (exact) mass is 212 g/mol. The van der Waals surface area contributed by atoms with E-state index in [1.165, 1.54) is 25.7 Å². The molecule has 0 saturated heterocycles. The van der Waals surface area contributed by atoms with Crippen molar-refractivity contribution in [1.82, 2.24) is 4.90 Å². The van der Waals surface area contributed by atoms with Gasteiger partial charge in [-0.15, -0.1) is 0 Å². The Labute approximate surface area is 90.8 Å². The van der Waals surface area contributed by atoms with Crippen LogP contribution in [0.1, 0.15) is 25.7 Å². The largest absolute Gasteiger partial charge is 0.370 e. The van der Waals surface area contributed by atoms with E-state index in [4.69, 9.17) is 10.5 Å². The second-order valence-corrected chi connectivity index (χ2v) is 4.56. The summed E-state index contributed by atoms with van der Waals surface area (Å²) in [7, 11) is 0. The number of carbonyl (C=O) groups excluding carboxylic acids is 1. The Balaban J connectivity index is 1.72. The highest BCUT2D eigenvalue weighted by Crippen LogP contribution is 2.34. The van der Waals surface area contributed by atoms with E-state index in [1.54, 1.807) is 0 Å². The maximum absolute atomic E-state index is 11.8. The summed E-state index contributed by atoms with van der Waals surface area (Å²) in [6, 6.07) is 0.513. The van der Waals surface area contributed by atoms with Crippen LogP contribution in [-0.4, -0.2) is 43.2 Å². The van der Waals surface area contributed by atoms with Crippen LogP contribution in [0.3, 0.4) is 0 Å². The average molecular weight is 212 g/mol. The summed E-state index contributed by atoms with van der Waals surface area (Å²) in [5.74, 6) is 0.918. The Morgan fingerprint density at radius 1 is 1.33 bits per heavy atom. The molecule has 2 N–H and O–H groups in total. The van der Waals surface area contributed by atoms with Gasteiger partial charge in [0.2, 0.25) is 5.91 Å².